The number of nitrogens with zero attached hydrogens (tertiary/aromatic N) is 2. The van der Waals surface area contributed by atoms with E-state index in [2.05, 4.69) is 31.0 Å². The minimum Gasteiger partial charge on any atom is -0.444 e. The molecule has 1 aromatic carbocycles. The highest BCUT2D eigenvalue weighted by atomic mass is 32.2. The van der Waals surface area contributed by atoms with Gasteiger partial charge >= 0.3 is 0 Å². The van der Waals surface area contributed by atoms with Crippen molar-refractivity contribution >= 4 is 17.7 Å². The summed E-state index contributed by atoms with van der Waals surface area (Å²) in [5.41, 5.74) is 3.39. The highest BCUT2D eigenvalue weighted by molar-refractivity contribution is 7.99. The van der Waals surface area contributed by atoms with Gasteiger partial charge in [-0.3, -0.25) is 9.78 Å². The molecule has 0 aliphatic carbocycles. The normalized spacial score (nSPS) is 10.8. The maximum atomic E-state index is 12.8. The number of furan rings is 1. The average molecular weight is 381 g/mol. The summed E-state index contributed by atoms with van der Waals surface area (Å²) in [4.78, 5) is 20.1. The first-order chi connectivity index (χ1) is 13.1. The number of carbonyl (C=O) groups is 1. The number of carbonyl (C=O) groups excluding carboxylic acids is 1. The van der Waals surface area contributed by atoms with E-state index in [1.165, 1.54) is 16.0 Å². The lowest BCUT2D eigenvalue weighted by Crippen LogP contribution is -2.32. The van der Waals surface area contributed by atoms with Gasteiger partial charge in [-0.2, -0.15) is 0 Å². The number of aromatic nitrogens is 1. The van der Waals surface area contributed by atoms with Crippen LogP contribution in [0.3, 0.4) is 0 Å². The van der Waals surface area contributed by atoms with Gasteiger partial charge in [0.2, 0.25) is 0 Å². The summed E-state index contributed by atoms with van der Waals surface area (Å²) < 4.78 is 5.85. The van der Waals surface area contributed by atoms with Crippen molar-refractivity contribution in [3.63, 3.8) is 0 Å². The number of pyridine rings is 1. The third kappa shape index (κ3) is 4.80. The minimum absolute atomic E-state index is 0.0817. The molecule has 140 valence electrons. The van der Waals surface area contributed by atoms with E-state index in [1.54, 1.807) is 28.9 Å². The first-order valence-corrected chi connectivity index (χ1v) is 9.93. The Kier molecular flexibility index (Phi) is 6.35. The fourth-order valence-electron chi connectivity index (χ4n) is 2.91. The summed E-state index contributed by atoms with van der Waals surface area (Å²) >= 11 is 1.56. The first-order valence-electron chi connectivity index (χ1n) is 9.11. The molecule has 3 rings (SSSR count). The molecule has 0 saturated carbocycles. The molecule has 5 heteroatoms. The average Bonchev–Trinajstić information content (AvgIpc) is 3.15. The van der Waals surface area contributed by atoms with Crippen LogP contribution in [0.5, 0.6) is 0 Å². The molecule has 0 bridgehead atoms. The molecule has 0 atom stereocenters. The molecule has 0 fully saturated rings. The van der Waals surface area contributed by atoms with Crippen molar-refractivity contribution < 1.29 is 9.21 Å². The van der Waals surface area contributed by atoms with Gasteiger partial charge in [0.05, 0.1) is 0 Å². The number of amides is 1. The maximum absolute atomic E-state index is 12.8. The predicted octanol–water partition coefficient (Wildman–Crippen LogP) is 5.15. The molecule has 3 aromatic rings. The smallest absolute Gasteiger partial charge is 0.289 e. The van der Waals surface area contributed by atoms with Crippen LogP contribution in [0.4, 0.5) is 0 Å². The van der Waals surface area contributed by atoms with Gasteiger partial charge in [0.15, 0.2) is 10.9 Å². The van der Waals surface area contributed by atoms with Crippen molar-refractivity contribution in [3.05, 3.63) is 77.3 Å². The van der Waals surface area contributed by atoms with E-state index in [-0.39, 0.29) is 5.91 Å². The summed E-state index contributed by atoms with van der Waals surface area (Å²) in [5, 5.41) is 0.733. The Balaban J connectivity index is 1.68. The standard InChI is InChI=1S/C22H24N2O2S/c1-4-24(15-13-18-10-5-6-14-23-18)22(25)19-11-12-20(26-19)27-21-16(2)8-7-9-17(21)3/h5-12,14H,4,13,15H2,1-3H3. The molecule has 0 aliphatic rings. The van der Waals surface area contributed by atoms with Gasteiger partial charge < -0.3 is 9.32 Å². The fourth-order valence-corrected chi connectivity index (χ4v) is 3.83. The molecule has 0 radical (unpaired) electrons. The number of hydrogen-bond acceptors (Lipinski definition) is 4. The third-order valence-corrected chi connectivity index (χ3v) is 5.71. The van der Waals surface area contributed by atoms with Gasteiger partial charge in [0.25, 0.3) is 5.91 Å². The molecule has 0 unspecified atom stereocenters. The number of aryl methyl sites for hydroxylation is 2. The topological polar surface area (TPSA) is 46.3 Å². The second-order valence-electron chi connectivity index (χ2n) is 6.40. The van der Waals surface area contributed by atoms with E-state index in [4.69, 9.17) is 4.42 Å². The van der Waals surface area contributed by atoms with E-state index in [0.29, 0.717) is 18.8 Å². The largest absolute Gasteiger partial charge is 0.444 e. The van der Waals surface area contributed by atoms with Gasteiger partial charge in [-0.1, -0.05) is 36.0 Å². The molecule has 0 N–H and O–H groups in total. The number of rotatable bonds is 7. The molecule has 0 spiro atoms. The van der Waals surface area contributed by atoms with Gasteiger partial charge in [-0.25, -0.2) is 0 Å². The quantitative estimate of drug-likeness (QED) is 0.569. The van der Waals surface area contributed by atoms with Crippen LogP contribution in [0.25, 0.3) is 0 Å². The van der Waals surface area contributed by atoms with Gasteiger partial charge in [0, 0.05) is 36.3 Å². The number of likely N-dealkylation sites (N-methyl/N-ethyl adjacent to an activating group) is 1. The Bertz CT molecular complexity index is 885. The van der Waals surface area contributed by atoms with Gasteiger partial charge in [0.1, 0.15) is 0 Å². The minimum atomic E-state index is -0.0817. The molecule has 2 heterocycles. The predicted molar refractivity (Wildman–Crippen MR) is 108 cm³/mol. The molecule has 0 saturated heterocycles. The van der Waals surface area contributed by atoms with Crippen molar-refractivity contribution in [3.8, 4) is 0 Å². The van der Waals surface area contributed by atoms with E-state index in [1.807, 2.05) is 37.3 Å². The zero-order valence-electron chi connectivity index (χ0n) is 15.9. The lowest BCUT2D eigenvalue weighted by atomic mass is 10.2. The van der Waals surface area contributed by atoms with Crippen molar-refractivity contribution in [2.45, 2.75) is 37.2 Å². The zero-order valence-corrected chi connectivity index (χ0v) is 16.8. The molecular weight excluding hydrogens is 356 g/mol. The van der Waals surface area contributed by atoms with Crippen LogP contribution in [0.1, 0.15) is 34.3 Å². The Morgan fingerprint density at radius 2 is 1.85 bits per heavy atom. The van der Waals surface area contributed by atoms with Crippen molar-refractivity contribution in [1.82, 2.24) is 9.88 Å². The van der Waals surface area contributed by atoms with Crippen LogP contribution in [-0.2, 0) is 6.42 Å². The Morgan fingerprint density at radius 3 is 2.52 bits per heavy atom. The Morgan fingerprint density at radius 1 is 1.07 bits per heavy atom. The van der Waals surface area contributed by atoms with Crippen LogP contribution in [0.2, 0.25) is 0 Å². The van der Waals surface area contributed by atoms with Crippen LogP contribution in [0.15, 0.2) is 69.1 Å². The van der Waals surface area contributed by atoms with E-state index in [9.17, 15) is 4.79 Å². The van der Waals surface area contributed by atoms with E-state index >= 15 is 0 Å². The zero-order chi connectivity index (χ0) is 19.2. The molecule has 4 nitrogen and oxygen atoms in total. The summed E-state index contributed by atoms with van der Waals surface area (Å²) in [5.74, 6) is 0.299. The van der Waals surface area contributed by atoms with Crippen molar-refractivity contribution in [1.29, 1.82) is 0 Å². The van der Waals surface area contributed by atoms with Crippen molar-refractivity contribution in [2.24, 2.45) is 0 Å². The summed E-state index contributed by atoms with van der Waals surface area (Å²) in [7, 11) is 0. The second kappa shape index (κ2) is 8.91. The second-order valence-corrected chi connectivity index (χ2v) is 7.41. The Hall–Kier alpha value is -2.53. The van der Waals surface area contributed by atoms with Crippen molar-refractivity contribution in [2.75, 3.05) is 13.1 Å². The highest BCUT2D eigenvalue weighted by Crippen LogP contribution is 2.34. The SMILES string of the molecule is CCN(CCc1ccccn1)C(=O)c1ccc(Sc2c(C)cccc2C)o1. The molecule has 1 amide bonds. The maximum Gasteiger partial charge on any atom is 0.289 e. The molecule has 2 aromatic heterocycles. The van der Waals surface area contributed by atoms with Crippen LogP contribution in [-0.4, -0.2) is 28.9 Å². The molecular formula is C22H24N2O2S. The van der Waals surface area contributed by atoms with Gasteiger partial charge in [-0.05, 0) is 56.2 Å². The monoisotopic (exact) mass is 380 g/mol. The third-order valence-electron chi connectivity index (χ3n) is 4.44. The number of benzene rings is 1. The van der Waals surface area contributed by atoms with Crippen LogP contribution in [0, 0.1) is 13.8 Å². The lowest BCUT2D eigenvalue weighted by Gasteiger charge is -2.19. The summed E-state index contributed by atoms with van der Waals surface area (Å²) in [6, 6.07) is 15.7. The highest BCUT2D eigenvalue weighted by Gasteiger charge is 2.19. The van der Waals surface area contributed by atoms with Crippen LogP contribution >= 0.6 is 11.8 Å². The fraction of sp³-hybridized carbons (Fsp3) is 0.273. The molecule has 0 aliphatic heterocycles. The van der Waals surface area contributed by atoms with Crippen LogP contribution < -0.4 is 0 Å². The Labute approximate surface area is 164 Å². The van der Waals surface area contributed by atoms with E-state index < -0.39 is 0 Å². The van der Waals surface area contributed by atoms with Gasteiger partial charge in [-0.15, -0.1) is 0 Å². The van der Waals surface area contributed by atoms with E-state index in [0.717, 1.165) is 17.2 Å². The summed E-state index contributed by atoms with van der Waals surface area (Å²) in [6.45, 7) is 7.39. The number of hydrogen-bond donors (Lipinski definition) is 0. The first kappa shape index (κ1) is 19.2. The summed E-state index contributed by atoms with van der Waals surface area (Å²) in [6.07, 6.45) is 2.50. The lowest BCUT2D eigenvalue weighted by molar-refractivity contribution is 0.0728. The molecule has 27 heavy (non-hydrogen) atoms.